The molecule has 1 amide bonds. The summed E-state index contributed by atoms with van der Waals surface area (Å²) >= 11 is 12.1. The predicted molar refractivity (Wildman–Crippen MR) is 94.1 cm³/mol. The lowest BCUT2D eigenvalue weighted by molar-refractivity contribution is -0.115. The van der Waals surface area contributed by atoms with Gasteiger partial charge in [0.05, 0.1) is 6.54 Å². The Labute approximate surface area is 149 Å². The first kappa shape index (κ1) is 16.9. The minimum Gasteiger partial charge on any atom is -0.454 e. The van der Waals surface area contributed by atoms with Crippen molar-refractivity contribution in [1.29, 1.82) is 0 Å². The lowest BCUT2D eigenvalue weighted by Gasteiger charge is -2.16. The van der Waals surface area contributed by atoms with Crippen LogP contribution in [0.1, 0.15) is 18.5 Å². The third kappa shape index (κ3) is 3.93. The van der Waals surface area contributed by atoms with Crippen molar-refractivity contribution in [2.24, 2.45) is 0 Å². The fourth-order valence-electron chi connectivity index (χ4n) is 2.39. The van der Waals surface area contributed by atoms with Crippen molar-refractivity contribution in [2.75, 3.05) is 18.7 Å². The average Bonchev–Trinajstić information content (AvgIpc) is 3.00. The van der Waals surface area contributed by atoms with Crippen molar-refractivity contribution in [3.05, 3.63) is 52.0 Å². The highest BCUT2D eigenvalue weighted by molar-refractivity contribution is 6.35. The Bertz CT molecular complexity index is 767. The van der Waals surface area contributed by atoms with Crippen molar-refractivity contribution in [2.45, 2.75) is 13.0 Å². The van der Waals surface area contributed by atoms with Crippen LogP contribution in [0.3, 0.4) is 0 Å². The van der Waals surface area contributed by atoms with E-state index in [4.69, 9.17) is 32.7 Å². The summed E-state index contributed by atoms with van der Waals surface area (Å²) in [4.78, 5) is 12.1. The summed E-state index contributed by atoms with van der Waals surface area (Å²) in [7, 11) is 0. The van der Waals surface area contributed by atoms with E-state index in [1.807, 2.05) is 13.0 Å². The summed E-state index contributed by atoms with van der Waals surface area (Å²) in [6, 6.07) is 10.5. The molecule has 3 rings (SSSR count). The Morgan fingerprint density at radius 1 is 1.17 bits per heavy atom. The van der Waals surface area contributed by atoms with Crippen molar-refractivity contribution >= 4 is 34.8 Å². The first-order chi connectivity index (χ1) is 11.5. The van der Waals surface area contributed by atoms with Gasteiger partial charge in [-0.15, -0.1) is 0 Å². The normalized spacial score (nSPS) is 13.6. The van der Waals surface area contributed by atoms with Crippen molar-refractivity contribution in [1.82, 2.24) is 5.32 Å². The number of rotatable bonds is 5. The van der Waals surface area contributed by atoms with Crippen LogP contribution < -0.4 is 20.1 Å². The topological polar surface area (TPSA) is 59.6 Å². The first-order valence-electron chi connectivity index (χ1n) is 7.41. The number of halogens is 2. The molecule has 1 aliphatic heterocycles. The Hall–Kier alpha value is -1.95. The molecule has 7 heteroatoms. The van der Waals surface area contributed by atoms with Gasteiger partial charge in [-0.1, -0.05) is 29.3 Å². The molecular weight excluding hydrogens is 351 g/mol. The molecule has 1 atom stereocenters. The zero-order valence-electron chi connectivity index (χ0n) is 12.9. The highest BCUT2D eigenvalue weighted by Crippen LogP contribution is 2.34. The molecule has 0 fully saturated rings. The monoisotopic (exact) mass is 366 g/mol. The summed E-state index contributed by atoms with van der Waals surface area (Å²) in [6.07, 6.45) is 0. The second kappa shape index (κ2) is 7.30. The molecule has 24 heavy (non-hydrogen) atoms. The molecule has 0 unspecified atom stereocenters. The molecule has 0 bridgehead atoms. The Kier molecular flexibility index (Phi) is 5.14. The third-order valence-electron chi connectivity index (χ3n) is 3.65. The number of carbonyl (C=O) groups is 1. The molecule has 126 valence electrons. The Morgan fingerprint density at radius 2 is 1.96 bits per heavy atom. The lowest BCUT2D eigenvalue weighted by Crippen LogP contribution is -2.30. The highest BCUT2D eigenvalue weighted by atomic mass is 35.5. The first-order valence-corrected chi connectivity index (χ1v) is 8.16. The number of ether oxygens (including phenoxy) is 2. The summed E-state index contributed by atoms with van der Waals surface area (Å²) in [6.45, 7) is 2.28. The molecule has 2 N–H and O–H groups in total. The van der Waals surface area contributed by atoms with Crippen LogP contribution in [0.4, 0.5) is 5.69 Å². The lowest BCUT2D eigenvalue weighted by atomic mass is 10.1. The van der Waals surface area contributed by atoms with E-state index in [2.05, 4.69) is 10.6 Å². The molecular formula is C17H16Cl2N2O3. The van der Waals surface area contributed by atoms with E-state index >= 15 is 0 Å². The molecule has 1 aliphatic rings. The summed E-state index contributed by atoms with van der Waals surface area (Å²) in [5, 5.41) is 7.10. The fraction of sp³-hybridized carbons (Fsp3) is 0.235. The molecule has 0 saturated heterocycles. The van der Waals surface area contributed by atoms with E-state index in [1.54, 1.807) is 30.3 Å². The van der Waals surface area contributed by atoms with Gasteiger partial charge in [-0.25, -0.2) is 0 Å². The molecule has 5 nitrogen and oxygen atoms in total. The van der Waals surface area contributed by atoms with Gasteiger partial charge in [-0.05, 0) is 36.8 Å². The third-order valence-corrected chi connectivity index (χ3v) is 4.22. The zero-order valence-corrected chi connectivity index (χ0v) is 14.4. The van der Waals surface area contributed by atoms with Gasteiger partial charge < -0.3 is 20.1 Å². The number of carbonyl (C=O) groups excluding carboxylic acids is 1. The van der Waals surface area contributed by atoms with E-state index in [0.29, 0.717) is 27.2 Å². The molecule has 0 aromatic heterocycles. The van der Waals surface area contributed by atoms with Gasteiger partial charge in [0.15, 0.2) is 11.5 Å². The molecule has 0 saturated carbocycles. The van der Waals surface area contributed by atoms with Crippen LogP contribution in [0.5, 0.6) is 11.5 Å². The van der Waals surface area contributed by atoms with Crippen LogP contribution in [0.25, 0.3) is 0 Å². The van der Waals surface area contributed by atoms with E-state index < -0.39 is 0 Å². The van der Waals surface area contributed by atoms with Crippen molar-refractivity contribution in [3.8, 4) is 11.5 Å². The smallest absolute Gasteiger partial charge is 0.238 e. The highest BCUT2D eigenvalue weighted by Gasteiger charge is 2.15. The number of amides is 1. The maximum Gasteiger partial charge on any atom is 0.238 e. The molecule has 1 heterocycles. The number of hydrogen-bond acceptors (Lipinski definition) is 4. The van der Waals surface area contributed by atoms with Gasteiger partial charge in [0.1, 0.15) is 0 Å². The summed E-state index contributed by atoms with van der Waals surface area (Å²) in [5.41, 5.74) is 1.54. The molecule has 2 aromatic carbocycles. The van der Waals surface area contributed by atoms with Crippen LogP contribution in [0.2, 0.25) is 10.0 Å². The van der Waals surface area contributed by atoms with Gasteiger partial charge in [0.25, 0.3) is 0 Å². The van der Waals surface area contributed by atoms with Crippen LogP contribution >= 0.6 is 23.2 Å². The van der Waals surface area contributed by atoms with E-state index in [1.165, 1.54) is 0 Å². The van der Waals surface area contributed by atoms with Crippen molar-refractivity contribution < 1.29 is 14.3 Å². The standard InChI is InChI=1S/C17H16Cl2N2O3/c1-10(13-4-2-11(18)6-14(13)19)20-8-17(22)21-12-3-5-15-16(7-12)24-9-23-15/h2-7,10,20H,8-9H2,1H3,(H,21,22)/t10-/m0/s1. The number of hydrogen-bond donors (Lipinski definition) is 2. The van der Waals surface area contributed by atoms with Gasteiger partial charge >= 0.3 is 0 Å². The largest absolute Gasteiger partial charge is 0.454 e. The second-order valence-electron chi connectivity index (χ2n) is 5.38. The predicted octanol–water partition coefficient (Wildman–Crippen LogP) is 4.01. The van der Waals surface area contributed by atoms with Crippen LogP contribution in [0.15, 0.2) is 36.4 Å². The van der Waals surface area contributed by atoms with Crippen LogP contribution in [-0.4, -0.2) is 19.2 Å². The minimum atomic E-state index is -0.161. The second-order valence-corrected chi connectivity index (χ2v) is 6.23. The number of fused-ring (bicyclic) bond motifs is 1. The fourth-order valence-corrected chi connectivity index (χ4v) is 2.96. The zero-order chi connectivity index (χ0) is 17.1. The Morgan fingerprint density at radius 3 is 2.75 bits per heavy atom. The molecule has 2 aromatic rings. The maximum atomic E-state index is 12.1. The van der Waals surface area contributed by atoms with E-state index in [0.717, 1.165) is 5.56 Å². The maximum absolute atomic E-state index is 12.1. The number of nitrogens with one attached hydrogen (secondary N) is 2. The minimum absolute atomic E-state index is 0.0859. The van der Waals surface area contributed by atoms with Gasteiger partial charge in [-0.3, -0.25) is 4.79 Å². The number of anilines is 1. The van der Waals surface area contributed by atoms with Crippen LogP contribution in [0, 0.1) is 0 Å². The van der Waals surface area contributed by atoms with E-state index in [9.17, 15) is 4.79 Å². The van der Waals surface area contributed by atoms with Gasteiger partial charge in [0, 0.05) is 27.8 Å². The van der Waals surface area contributed by atoms with Gasteiger partial charge in [0.2, 0.25) is 12.7 Å². The molecule has 0 radical (unpaired) electrons. The SMILES string of the molecule is C[C@H](NCC(=O)Nc1ccc2c(c1)OCO2)c1ccc(Cl)cc1Cl. The molecule has 0 aliphatic carbocycles. The van der Waals surface area contributed by atoms with E-state index in [-0.39, 0.29) is 25.3 Å². The quantitative estimate of drug-likeness (QED) is 0.838. The van der Waals surface area contributed by atoms with Crippen molar-refractivity contribution in [3.63, 3.8) is 0 Å². The van der Waals surface area contributed by atoms with Gasteiger partial charge in [-0.2, -0.15) is 0 Å². The average molecular weight is 367 g/mol. The summed E-state index contributed by atoms with van der Waals surface area (Å²) in [5.74, 6) is 1.14. The molecule has 0 spiro atoms. The van der Waals surface area contributed by atoms with Crippen LogP contribution in [-0.2, 0) is 4.79 Å². The summed E-state index contributed by atoms with van der Waals surface area (Å²) < 4.78 is 10.5. The number of benzene rings is 2. The Balaban J connectivity index is 1.55.